The van der Waals surface area contributed by atoms with Crippen LogP contribution in [0, 0.1) is 0 Å². The Hall–Kier alpha value is -1.59. The van der Waals surface area contributed by atoms with Gasteiger partial charge in [0.2, 0.25) is 0 Å². The molecular formula is C12H14N2O2S. The number of urea groups is 1. The molecule has 0 unspecified atom stereocenters. The Morgan fingerprint density at radius 3 is 2.65 bits per heavy atom. The van der Waals surface area contributed by atoms with Gasteiger partial charge in [0.15, 0.2) is 0 Å². The second kappa shape index (κ2) is 4.01. The number of fused-ring (bicyclic) bond motifs is 1. The summed E-state index contributed by atoms with van der Waals surface area (Å²) in [6, 6.07) is 9.03. The summed E-state index contributed by atoms with van der Waals surface area (Å²) in [5, 5.41) is 11.4. The first-order chi connectivity index (χ1) is 7.93. The van der Waals surface area contributed by atoms with Gasteiger partial charge in [0.1, 0.15) is 5.54 Å². The molecule has 2 rings (SSSR count). The number of hydrogen-bond donors (Lipinski definition) is 2. The van der Waals surface area contributed by atoms with Crippen LogP contribution in [0.4, 0.5) is 4.79 Å². The second-order valence-corrected chi connectivity index (χ2v) is 5.44. The van der Waals surface area contributed by atoms with Crippen LogP contribution in [-0.2, 0) is 5.54 Å². The number of carbonyl (C=O) groups is 1. The van der Waals surface area contributed by atoms with Gasteiger partial charge in [0.25, 0.3) is 0 Å². The van der Waals surface area contributed by atoms with E-state index in [1.807, 2.05) is 30.3 Å². The first-order valence-corrected chi connectivity index (χ1v) is 6.02. The van der Waals surface area contributed by atoms with Crippen LogP contribution < -0.4 is 5.73 Å². The fourth-order valence-corrected chi connectivity index (χ4v) is 2.81. The van der Waals surface area contributed by atoms with Crippen molar-refractivity contribution in [2.45, 2.75) is 19.4 Å². The number of hydrogen-bond acceptors (Lipinski definition) is 3. The van der Waals surface area contributed by atoms with Crippen LogP contribution in [-0.4, -0.2) is 16.3 Å². The van der Waals surface area contributed by atoms with Gasteiger partial charge in [-0.15, -0.1) is 11.3 Å². The maximum Gasteiger partial charge on any atom is 0.339 e. The molecule has 1 heterocycles. The summed E-state index contributed by atoms with van der Waals surface area (Å²) in [5.74, 6) is 0. The Morgan fingerprint density at radius 1 is 1.41 bits per heavy atom. The number of primary amides is 1. The van der Waals surface area contributed by atoms with Crippen molar-refractivity contribution < 1.29 is 10.0 Å². The summed E-state index contributed by atoms with van der Waals surface area (Å²) >= 11 is 1.54. The highest BCUT2D eigenvalue weighted by molar-refractivity contribution is 7.19. The van der Waals surface area contributed by atoms with E-state index < -0.39 is 11.6 Å². The van der Waals surface area contributed by atoms with Crippen molar-refractivity contribution in [3.8, 4) is 0 Å². The van der Waals surface area contributed by atoms with Gasteiger partial charge in [-0.05, 0) is 31.4 Å². The Kier molecular flexibility index (Phi) is 2.81. The number of rotatable bonds is 2. The van der Waals surface area contributed by atoms with Gasteiger partial charge in [-0.3, -0.25) is 5.21 Å². The number of amides is 2. The second-order valence-electron chi connectivity index (χ2n) is 4.36. The smallest absolute Gasteiger partial charge is 0.339 e. The molecule has 17 heavy (non-hydrogen) atoms. The van der Waals surface area contributed by atoms with Crippen molar-refractivity contribution in [3.63, 3.8) is 0 Å². The molecule has 5 heteroatoms. The third-order valence-electron chi connectivity index (χ3n) is 2.77. The fourth-order valence-electron chi connectivity index (χ4n) is 1.66. The van der Waals surface area contributed by atoms with E-state index >= 15 is 0 Å². The van der Waals surface area contributed by atoms with Crippen molar-refractivity contribution in [2.24, 2.45) is 5.73 Å². The minimum absolute atomic E-state index is 0.567. The number of hydroxylamine groups is 2. The Bertz CT molecular complexity index is 529. The van der Waals surface area contributed by atoms with Crippen molar-refractivity contribution in [1.29, 1.82) is 0 Å². The average Bonchev–Trinajstić information content (AvgIpc) is 2.71. The SMILES string of the molecule is CC(C)(c1cc2ccccc2s1)N(O)C(N)=O. The maximum atomic E-state index is 11.0. The fraction of sp³-hybridized carbons (Fsp3) is 0.250. The zero-order valence-electron chi connectivity index (χ0n) is 9.68. The van der Waals surface area contributed by atoms with Crippen molar-refractivity contribution in [3.05, 3.63) is 35.2 Å². The van der Waals surface area contributed by atoms with Crippen LogP contribution in [0.5, 0.6) is 0 Å². The minimum Gasteiger partial charge on any atom is -0.350 e. The highest BCUT2D eigenvalue weighted by atomic mass is 32.1. The zero-order chi connectivity index (χ0) is 12.6. The lowest BCUT2D eigenvalue weighted by atomic mass is 10.0. The molecule has 2 amide bonds. The Labute approximate surface area is 103 Å². The van der Waals surface area contributed by atoms with Gasteiger partial charge >= 0.3 is 6.03 Å². The molecule has 0 bridgehead atoms. The van der Waals surface area contributed by atoms with Crippen LogP contribution in [0.1, 0.15) is 18.7 Å². The van der Waals surface area contributed by atoms with Crippen molar-refractivity contribution in [1.82, 2.24) is 5.06 Å². The van der Waals surface area contributed by atoms with E-state index in [0.717, 1.165) is 15.0 Å². The van der Waals surface area contributed by atoms with E-state index in [9.17, 15) is 10.0 Å². The molecule has 0 radical (unpaired) electrons. The lowest BCUT2D eigenvalue weighted by Gasteiger charge is -2.30. The van der Waals surface area contributed by atoms with E-state index in [-0.39, 0.29) is 0 Å². The Morgan fingerprint density at radius 2 is 2.06 bits per heavy atom. The zero-order valence-corrected chi connectivity index (χ0v) is 10.5. The predicted molar refractivity (Wildman–Crippen MR) is 68.1 cm³/mol. The van der Waals surface area contributed by atoms with E-state index in [1.165, 1.54) is 0 Å². The molecular weight excluding hydrogens is 236 g/mol. The standard InChI is InChI=1S/C12H14N2O2S/c1-12(2,14(16)11(13)15)10-7-8-5-3-4-6-9(8)17-10/h3-7,16H,1-2H3,(H2,13,15). The number of nitrogens with zero attached hydrogens (tertiary/aromatic N) is 1. The number of benzene rings is 1. The molecule has 4 nitrogen and oxygen atoms in total. The normalized spacial score (nSPS) is 11.7. The molecule has 0 saturated heterocycles. The summed E-state index contributed by atoms with van der Waals surface area (Å²) in [4.78, 5) is 11.9. The molecule has 0 spiro atoms. The summed E-state index contributed by atoms with van der Waals surface area (Å²) in [6.45, 7) is 3.50. The van der Waals surface area contributed by atoms with Gasteiger partial charge in [0, 0.05) is 9.58 Å². The summed E-state index contributed by atoms with van der Waals surface area (Å²) in [7, 11) is 0. The average molecular weight is 250 g/mol. The Balaban J connectivity index is 2.48. The number of nitrogens with two attached hydrogens (primary N) is 1. The lowest BCUT2D eigenvalue weighted by molar-refractivity contribution is -0.113. The summed E-state index contributed by atoms with van der Waals surface area (Å²) in [5.41, 5.74) is 4.27. The summed E-state index contributed by atoms with van der Waals surface area (Å²) < 4.78 is 1.12. The molecule has 0 atom stereocenters. The molecule has 1 aromatic carbocycles. The minimum atomic E-state index is -0.854. The lowest BCUT2D eigenvalue weighted by Crippen LogP contribution is -2.45. The number of carbonyl (C=O) groups excluding carboxylic acids is 1. The van der Waals surface area contributed by atoms with Crippen LogP contribution >= 0.6 is 11.3 Å². The van der Waals surface area contributed by atoms with E-state index in [4.69, 9.17) is 5.73 Å². The molecule has 0 aliphatic carbocycles. The van der Waals surface area contributed by atoms with Gasteiger partial charge in [-0.1, -0.05) is 18.2 Å². The van der Waals surface area contributed by atoms with Gasteiger partial charge in [0.05, 0.1) is 0 Å². The van der Waals surface area contributed by atoms with Gasteiger partial charge in [-0.2, -0.15) is 5.06 Å². The topological polar surface area (TPSA) is 66.6 Å². The van der Waals surface area contributed by atoms with Crippen LogP contribution in [0.3, 0.4) is 0 Å². The van der Waals surface area contributed by atoms with Crippen molar-refractivity contribution in [2.75, 3.05) is 0 Å². The molecule has 1 aromatic heterocycles. The summed E-state index contributed by atoms with van der Waals surface area (Å²) in [6.07, 6.45) is 0. The quantitative estimate of drug-likeness (QED) is 0.635. The van der Waals surface area contributed by atoms with E-state index in [1.54, 1.807) is 25.2 Å². The first kappa shape index (κ1) is 11.9. The highest BCUT2D eigenvalue weighted by Crippen LogP contribution is 2.35. The third kappa shape index (κ3) is 1.99. The van der Waals surface area contributed by atoms with Gasteiger partial charge < -0.3 is 5.73 Å². The predicted octanol–water partition coefficient (Wildman–Crippen LogP) is 2.91. The van der Waals surface area contributed by atoms with Crippen LogP contribution in [0.25, 0.3) is 10.1 Å². The van der Waals surface area contributed by atoms with E-state index in [2.05, 4.69) is 0 Å². The highest BCUT2D eigenvalue weighted by Gasteiger charge is 2.32. The van der Waals surface area contributed by atoms with Gasteiger partial charge in [-0.25, -0.2) is 4.79 Å². The molecule has 0 aliphatic heterocycles. The first-order valence-electron chi connectivity index (χ1n) is 5.20. The molecule has 0 saturated carbocycles. The van der Waals surface area contributed by atoms with Crippen molar-refractivity contribution >= 4 is 27.5 Å². The molecule has 0 aliphatic rings. The monoisotopic (exact) mass is 250 g/mol. The third-order valence-corrected chi connectivity index (χ3v) is 4.20. The molecule has 0 fully saturated rings. The number of thiophene rings is 1. The largest absolute Gasteiger partial charge is 0.350 e. The van der Waals surface area contributed by atoms with Crippen LogP contribution in [0.2, 0.25) is 0 Å². The molecule has 2 aromatic rings. The molecule has 3 N–H and O–H groups in total. The maximum absolute atomic E-state index is 11.0. The molecule has 90 valence electrons. The van der Waals surface area contributed by atoms with E-state index in [0.29, 0.717) is 5.06 Å². The van der Waals surface area contributed by atoms with Crippen LogP contribution in [0.15, 0.2) is 30.3 Å².